The van der Waals surface area contributed by atoms with Gasteiger partial charge in [0.05, 0.1) is 35.9 Å². The van der Waals surface area contributed by atoms with E-state index in [1.54, 1.807) is 24.9 Å². The fourth-order valence-corrected chi connectivity index (χ4v) is 3.04. The van der Waals surface area contributed by atoms with Gasteiger partial charge in [-0.25, -0.2) is 9.97 Å². The standard InChI is InChI=1S/C19H21N7O/c1-14(25-9-8-20-12-25)6-7-21-19(27)17-10-15(23-24-17)11-26-13-22-16-4-2-3-5-18(16)26/h2-5,8-10,12-14H,6-7,11H2,1H3,(H,21,27)(H,23,24). The zero-order chi connectivity index (χ0) is 18.6. The maximum atomic E-state index is 12.3. The van der Waals surface area contributed by atoms with Gasteiger partial charge in [0.2, 0.25) is 0 Å². The molecule has 1 atom stereocenters. The van der Waals surface area contributed by atoms with Gasteiger partial charge in [0, 0.05) is 25.0 Å². The first-order valence-electron chi connectivity index (χ1n) is 8.90. The third-order valence-electron chi connectivity index (χ3n) is 4.61. The number of hydrogen-bond donors (Lipinski definition) is 2. The maximum Gasteiger partial charge on any atom is 0.271 e. The summed E-state index contributed by atoms with van der Waals surface area (Å²) in [5.41, 5.74) is 3.24. The minimum atomic E-state index is -0.175. The number of benzene rings is 1. The van der Waals surface area contributed by atoms with E-state index in [0.29, 0.717) is 18.8 Å². The van der Waals surface area contributed by atoms with Crippen LogP contribution >= 0.6 is 0 Å². The molecule has 0 spiro atoms. The van der Waals surface area contributed by atoms with Gasteiger partial charge >= 0.3 is 0 Å². The van der Waals surface area contributed by atoms with E-state index in [1.165, 1.54) is 0 Å². The molecule has 138 valence electrons. The Balaban J connectivity index is 1.34. The third kappa shape index (κ3) is 3.74. The van der Waals surface area contributed by atoms with Gasteiger partial charge in [-0.1, -0.05) is 12.1 Å². The highest BCUT2D eigenvalue weighted by atomic mass is 16.1. The van der Waals surface area contributed by atoms with Gasteiger partial charge in [-0.3, -0.25) is 9.89 Å². The first-order chi connectivity index (χ1) is 13.2. The quantitative estimate of drug-likeness (QED) is 0.527. The number of aromatic nitrogens is 6. The summed E-state index contributed by atoms with van der Waals surface area (Å²) in [5.74, 6) is -0.175. The number of aromatic amines is 1. The van der Waals surface area contributed by atoms with Crippen LogP contribution in [0.1, 0.15) is 35.6 Å². The number of H-pyrrole nitrogens is 1. The molecule has 0 saturated heterocycles. The summed E-state index contributed by atoms with van der Waals surface area (Å²) in [5, 5.41) is 10.00. The average molecular weight is 363 g/mol. The smallest absolute Gasteiger partial charge is 0.271 e. The molecule has 8 heteroatoms. The molecule has 0 aliphatic heterocycles. The fraction of sp³-hybridized carbons (Fsp3) is 0.263. The minimum absolute atomic E-state index is 0.175. The van der Waals surface area contributed by atoms with Gasteiger partial charge in [0.15, 0.2) is 0 Å². The summed E-state index contributed by atoms with van der Waals surface area (Å²) in [6.45, 7) is 3.25. The van der Waals surface area contributed by atoms with Crippen molar-refractivity contribution in [1.29, 1.82) is 0 Å². The number of nitrogens with one attached hydrogen (secondary N) is 2. The second-order valence-corrected chi connectivity index (χ2v) is 6.54. The van der Waals surface area contributed by atoms with Gasteiger partial charge in [0.25, 0.3) is 5.91 Å². The summed E-state index contributed by atoms with van der Waals surface area (Å²) in [4.78, 5) is 20.7. The molecule has 3 heterocycles. The number of carbonyl (C=O) groups excluding carboxylic acids is 1. The SMILES string of the molecule is CC(CCNC(=O)c1cc(Cn2cnc3ccccc32)[nH]n1)n1ccnc1. The van der Waals surface area contributed by atoms with Crippen molar-refractivity contribution in [3.63, 3.8) is 0 Å². The Morgan fingerprint density at radius 1 is 1.30 bits per heavy atom. The Morgan fingerprint density at radius 2 is 2.19 bits per heavy atom. The van der Waals surface area contributed by atoms with Gasteiger partial charge in [-0.05, 0) is 31.5 Å². The van der Waals surface area contributed by atoms with Crippen LogP contribution in [0, 0.1) is 0 Å². The second kappa shape index (κ2) is 7.45. The van der Waals surface area contributed by atoms with Gasteiger partial charge < -0.3 is 14.5 Å². The molecule has 1 aromatic carbocycles. The van der Waals surface area contributed by atoms with Crippen LogP contribution in [0.4, 0.5) is 0 Å². The summed E-state index contributed by atoms with van der Waals surface area (Å²) < 4.78 is 4.05. The van der Waals surface area contributed by atoms with Crippen molar-refractivity contribution in [2.45, 2.75) is 25.9 Å². The van der Waals surface area contributed by atoms with Crippen LogP contribution in [0.15, 0.2) is 55.4 Å². The van der Waals surface area contributed by atoms with E-state index in [4.69, 9.17) is 0 Å². The summed E-state index contributed by atoms with van der Waals surface area (Å²) in [7, 11) is 0. The summed E-state index contributed by atoms with van der Waals surface area (Å²) in [6.07, 6.45) is 8.07. The predicted molar refractivity (Wildman–Crippen MR) is 101 cm³/mol. The lowest BCUT2D eigenvalue weighted by Gasteiger charge is -2.12. The van der Waals surface area contributed by atoms with Crippen molar-refractivity contribution in [2.24, 2.45) is 0 Å². The Kier molecular flexibility index (Phi) is 4.69. The molecule has 1 unspecified atom stereocenters. The molecular formula is C19H21N7O. The van der Waals surface area contributed by atoms with E-state index in [-0.39, 0.29) is 11.9 Å². The highest BCUT2D eigenvalue weighted by molar-refractivity contribution is 5.92. The Hall–Kier alpha value is -3.42. The predicted octanol–water partition coefficient (Wildman–Crippen LogP) is 2.39. The van der Waals surface area contributed by atoms with Crippen LogP contribution in [0.3, 0.4) is 0 Å². The molecule has 0 radical (unpaired) electrons. The number of hydrogen-bond acceptors (Lipinski definition) is 4. The van der Waals surface area contributed by atoms with E-state index < -0.39 is 0 Å². The van der Waals surface area contributed by atoms with Crippen LogP contribution in [0.25, 0.3) is 11.0 Å². The maximum absolute atomic E-state index is 12.3. The number of nitrogens with zero attached hydrogens (tertiary/aromatic N) is 5. The zero-order valence-corrected chi connectivity index (χ0v) is 15.0. The molecule has 0 fully saturated rings. The fourth-order valence-electron chi connectivity index (χ4n) is 3.04. The van der Waals surface area contributed by atoms with Crippen LogP contribution in [-0.2, 0) is 6.54 Å². The topological polar surface area (TPSA) is 93.4 Å². The van der Waals surface area contributed by atoms with Crippen LogP contribution in [-0.4, -0.2) is 41.8 Å². The first-order valence-corrected chi connectivity index (χ1v) is 8.90. The molecule has 8 nitrogen and oxygen atoms in total. The number of amides is 1. The molecular weight excluding hydrogens is 342 g/mol. The number of rotatable bonds is 7. The Morgan fingerprint density at radius 3 is 3.04 bits per heavy atom. The number of imidazole rings is 2. The molecule has 0 aliphatic rings. The van der Waals surface area contributed by atoms with Gasteiger partial charge in [-0.2, -0.15) is 5.10 Å². The van der Waals surface area contributed by atoms with Crippen molar-refractivity contribution >= 4 is 16.9 Å². The Bertz CT molecular complexity index is 1030. The Labute approximate surface area is 156 Å². The molecule has 0 bridgehead atoms. The van der Waals surface area contributed by atoms with Crippen LogP contribution < -0.4 is 5.32 Å². The van der Waals surface area contributed by atoms with Crippen molar-refractivity contribution in [3.05, 3.63) is 66.8 Å². The highest BCUT2D eigenvalue weighted by Gasteiger charge is 2.12. The largest absolute Gasteiger partial charge is 0.351 e. The van der Waals surface area contributed by atoms with Crippen molar-refractivity contribution in [2.75, 3.05) is 6.54 Å². The molecule has 2 N–H and O–H groups in total. The molecule has 0 saturated carbocycles. The normalized spacial score (nSPS) is 12.3. The minimum Gasteiger partial charge on any atom is -0.351 e. The van der Waals surface area contributed by atoms with Gasteiger partial charge in [0.1, 0.15) is 5.69 Å². The molecule has 3 aromatic heterocycles. The van der Waals surface area contributed by atoms with Crippen LogP contribution in [0.2, 0.25) is 0 Å². The number of fused-ring (bicyclic) bond motifs is 1. The van der Waals surface area contributed by atoms with Crippen molar-refractivity contribution in [3.8, 4) is 0 Å². The molecule has 0 aliphatic carbocycles. The van der Waals surface area contributed by atoms with Gasteiger partial charge in [-0.15, -0.1) is 0 Å². The van der Waals surface area contributed by atoms with Crippen LogP contribution in [0.5, 0.6) is 0 Å². The lowest BCUT2D eigenvalue weighted by molar-refractivity contribution is 0.0947. The summed E-state index contributed by atoms with van der Waals surface area (Å²) >= 11 is 0. The average Bonchev–Trinajstić information content (AvgIpc) is 3.43. The highest BCUT2D eigenvalue weighted by Crippen LogP contribution is 2.14. The van der Waals surface area contributed by atoms with E-state index in [9.17, 15) is 4.79 Å². The van der Waals surface area contributed by atoms with Crippen molar-refractivity contribution < 1.29 is 4.79 Å². The van der Waals surface area contributed by atoms with E-state index in [2.05, 4.69) is 32.4 Å². The lowest BCUT2D eigenvalue weighted by Crippen LogP contribution is -2.26. The second-order valence-electron chi connectivity index (χ2n) is 6.54. The van der Waals surface area contributed by atoms with E-state index >= 15 is 0 Å². The molecule has 4 aromatic rings. The number of carbonyl (C=O) groups is 1. The monoisotopic (exact) mass is 363 g/mol. The molecule has 27 heavy (non-hydrogen) atoms. The van der Waals surface area contributed by atoms with E-state index in [1.807, 2.05) is 39.6 Å². The first kappa shape index (κ1) is 17.0. The number of para-hydroxylation sites is 2. The molecule has 4 rings (SSSR count). The third-order valence-corrected chi connectivity index (χ3v) is 4.61. The molecule has 1 amide bonds. The zero-order valence-electron chi connectivity index (χ0n) is 15.0. The summed E-state index contributed by atoms with van der Waals surface area (Å²) in [6, 6.07) is 10.00. The van der Waals surface area contributed by atoms with Crippen molar-refractivity contribution in [1.82, 2.24) is 34.6 Å². The van der Waals surface area contributed by atoms with E-state index in [0.717, 1.165) is 23.1 Å². The lowest BCUT2D eigenvalue weighted by atomic mass is 10.2.